The maximum atomic E-state index is 12.6. The molecule has 1 aliphatic heterocycles. The largest absolute Gasteiger partial charge is 0.330 e. The fourth-order valence-corrected chi connectivity index (χ4v) is 5.43. The molecule has 1 aromatic rings. The lowest BCUT2D eigenvalue weighted by atomic mass is 9.86. The third-order valence-electron chi connectivity index (χ3n) is 5.26. The van der Waals surface area contributed by atoms with E-state index in [1.807, 2.05) is 6.07 Å². The molecule has 1 saturated heterocycles. The molecule has 1 aromatic carbocycles. The molecule has 5 heteroatoms. The Labute approximate surface area is 134 Å². The first-order valence-corrected chi connectivity index (χ1v) is 9.91. The second-order valence-corrected chi connectivity index (χ2v) is 8.78. The lowest BCUT2D eigenvalue weighted by Crippen LogP contribution is -3.18. The molecule has 0 radical (unpaired) electrons. The van der Waals surface area contributed by atoms with Gasteiger partial charge in [-0.15, -0.1) is 0 Å². The number of sulfonamides is 1. The third kappa shape index (κ3) is 3.36. The van der Waals surface area contributed by atoms with Crippen LogP contribution in [0.15, 0.2) is 35.2 Å². The highest BCUT2D eigenvalue weighted by atomic mass is 32.2. The van der Waals surface area contributed by atoms with Gasteiger partial charge in [0.05, 0.1) is 37.1 Å². The zero-order valence-corrected chi connectivity index (χ0v) is 14.2. The van der Waals surface area contributed by atoms with Gasteiger partial charge in [-0.05, 0) is 30.9 Å². The Morgan fingerprint density at radius 1 is 1.09 bits per heavy atom. The molecule has 0 bridgehead atoms. The van der Waals surface area contributed by atoms with Crippen molar-refractivity contribution in [2.24, 2.45) is 5.92 Å². The normalized spacial score (nSPS) is 28.6. The molecular weight excluding hydrogens is 296 g/mol. The van der Waals surface area contributed by atoms with E-state index in [1.165, 1.54) is 25.7 Å². The standard InChI is InChI=1S/C17H26N2O2S/c1-15-6-5-7-16(14-15)18-10-12-19(13-11-18)22(20,21)17-8-3-2-4-9-17/h2-4,8-9,15-16H,5-7,10-14H2,1H3/p+1/t15-,16+/m1/s1. The van der Waals surface area contributed by atoms with Crippen molar-refractivity contribution < 1.29 is 13.3 Å². The molecule has 0 aromatic heterocycles. The van der Waals surface area contributed by atoms with Crippen LogP contribution < -0.4 is 4.90 Å². The van der Waals surface area contributed by atoms with Crippen LogP contribution in [0.4, 0.5) is 0 Å². The van der Waals surface area contributed by atoms with E-state index in [0.29, 0.717) is 18.0 Å². The van der Waals surface area contributed by atoms with Crippen LogP contribution in [0, 0.1) is 5.92 Å². The molecule has 0 unspecified atom stereocenters. The highest BCUT2D eigenvalue weighted by Crippen LogP contribution is 2.22. The fraction of sp³-hybridized carbons (Fsp3) is 0.647. The second-order valence-electron chi connectivity index (χ2n) is 6.84. The molecule has 1 saturated carbocycles. The van der Waals surface area contributed by atoms with Crippen LogP contribution in [0.3, 0.4) is 0 Å². The molecule has 1 heterocycles. The van der Waals surface area contributed by atoms with Crippen LogP contribution in [0.5, 0.6) is 0 Å². The smallest absolute Gasteiger partial charge is 0.243 e. The lowest BCUT2D eigenvalue weighted by Gasteiger charge is -2.38. The van der Waals surface area contributed by atoms with Gasteiger partial charge in [-0.25, -0.2) is 8.42 Å². The lowest BCUT2D eigenvalue weighted by molar-refractivity contribution is -0.930. The van der Waals surface area contributed by atoms with E-state index >= 15 is 0 Å². The zero-order chi connectivity index (χ0) is 15.6. The van der Waals surface area contributed by atoms with E-state index in [9.17, 15) is 8.42 Å². The van der Waals surface area contributed by atoms with E-state index in [0.717, 1.165) is 25.0 Å². The summed E-state index contributed by atoms with van der Waals surface area (Å²) in [6.07, 6.45) is 5.31. The molecule has 1 aliphatic carbocycles. The minimum atomic E-state index is -3.31. The predicted octanol–water partition coefficient (Wildman–Crippen LogP) is 1.15. The van der Waals surface area contributed by atoms with E-state index in [2.05, 4.69) is 6.92 Å². The molecular formula is C17H27N2O2S+. The molecule has 22 heavy (non-hydrogen) atoms. The minimum Gasteiger partial charge on any atom is -0.330 e. The molecule has 3 rings (SSSR count). The maximum absolute atomic E-state index is 12.6. The van der Waals surface area contributed by atoms with Gasteiger partial charge >= 0.3 is 0 Å². The highest BCUT2D eigenvalue weighted by Gasteiger charge is 2.34. The Morgan fingerprint density at radius 3 is 2.41 bits per heavy atom. The highest BCUT2D eigenvalue weighted by molar-refractivity contribution is 7.89. The molecule has 4 nitrogen and oxygen atoms in total. The fourth-order valence-electron chi connectivity index (χ4n) is 3.97. The van der Waals surface area contributed by atoms with Gasteiger partial charge in [0, 0.05) is 6.42 Å². The molecule has 0 spiro atoms. The van der Waals surface area contributed by atoms with Gasteiger partial charge in [0.1, 0.15) is 0 Å². The van der Waals surface area contributed by atoms with Crippen LogP contribution in [0.1, 0.15) is 32.6 Å². The van der Waals surface area contributed by atoms with Crippen molar-refractivity contribution in [3.05, 3.63) is 30.3 Å². The summed E-state index contributed by atoms with van der Waals surface area (Å²) < 4.78 is 26.9. The Morgan fingerprint density at radius 2 is 1.77 bits per heavy atom. The minimum absolute atomic E-state index is 0.421. The van der Waals surface area contributed by atoms with Gasteiger partial charge in [0.15, 0.2) is 0 Å². The first kappa shape index (κ1) is 16.0. The van der Waals surface area contributed by atoms with Crippen molar-refractivity contribution in [2.75, 3.05) is 26.2 Å². The number of hydrogen-bond acceptors (Lipinski definition) is 2. The number of quaternary nitrogens is 1. The number of piperazine rings is 1. The summed E-state index contributed by atoms with van der Waals surface area (Å²) >= 11 is 0. The first-order valence-electron chi connectivity index (χ1n) is 8.47. The second kappa shape index (κ2) is 6.69. The number of rotatable bonds is 3. The predicted molar refractivity (Wildman–Crippen MR) is 87.3 cm³/mol. The molecule has 2 fully saturated rings. The van der Waals surface area contributed by atoms with Crippen molar-refractivity contribution in [1.82, 2.24) is 4.31 Å². The summed E-state index contributed by atoms with van der Waals surface area (Å²) in [7, 11) is -3.31. The summed E-state index contributed by atoms with van der Waals surface area (Å²) in [5.41, 5.74) is 0. The van der Waals surface area contributed by atoms with Gasteiger partial charge in [0.2, 0.25) is 10.0 Å². The summed E-state index contributed by atoms with van der Waals surface area (Å²) in [4.78, 5) is 2.04. The van der Waals surface area contributed by atoms with Gasteiger partial charge < -0.3 is 4.90 Å². The Hall–Kier alpha value is -0.910. The SMILES string of the molecule is C[C@@H]1CCC[C@H]([NH+]2CCN(S(=O)(=O)c3ccccc3)CC2)C1. The summed E-state index contributed by atoms with van der Waals surface area (Å²) in [6, 6.07) is 9.56. The monoisotopic (exact) mass is 323 g/mol. The number of nitrogens with one attached hydrogen (secondary N) is 1. The average Bonchev–Trinajstić information content (AvgIpc) is 2.56. The van der Waals surface area contributed by atoms with Crippen molar-refractivity contribution in [2.45, 2.75) is 43.5 Å². The van der Waals surface area contributed by atoms with Crippen LogP contribution in [0.2, 0.25) is 0 Å². The van der Waals surface area contributed by atoms with Crippen molar-refractivity contribution in [1.29, 1.82) is 0 Å². The van der Waals surface area contributed by atoms with Gasteiger partial charge in [-0.3, -0.25) is 0 Å². The number of nitrogens with zero attached hydrogens (tertiary/aromatic N) is 1. The Bertz CT molecular complexity index is 580. The van der Waals surface area contributed by atoms with Crippen molar-refractivity contribution >= 4 is 10.0 Å². The van der Waals surface area contributed by atoms with Crippen molar-refractivity contribution in [3.63, 3.8) is 0 Å². The van der Waals surface area contributed by atoms with Gasteiger partial charge in [-0.1, -0.05) is 31.5 Å². The zero-order valence-electron chi connectivity index (χ0n) is 13.4. The quantitative estimate of drug-likeness (QED) is 0.907. The average molecular weight is 323 g/mol. The first-order chi connectivity index (χ1) is 10.6. The van der Waals surface area contributed by atoms with Crippen LogP contribution >= 0.6 is 0 Å². The van der Waals surface area contributed by atoms with E-state index in [4.69, 9.17) is 0 Å². The molecule has 0 amide bonds. The van der Waals surface area contributed by atoms with Gasteiger partial charge in [-0.2, -0.15) is 4.31 Å². The summed E-state index contributed by atoms with van der Waals surface area (Å²) in [5.74, 6) is 0.831. The topological polar surface area (TPSA) is 41.8 Å². The number of hydrogen-bond donors (Lipinski definition) is 1. The summed E-state index contributed by atoms with van der Waals surface area (Å²) in [6.45, 7) is 5.55. The molecule has 2 aliphatic rings. The summed E-state index contributed by atoms with van der Waals surface area (Å²) in [5, 5.41) is 0. The van der Waals surface area contributed by atoms with E-state index < -0.39 is 10.0 Å². The Balaban J connectivity index is 1.62. The van der Waals surface area contributed by atoms with Crippen molar-refractivity contribution in [3.8, 4) is 0 Å². The van der Waals surface area contributed by atoms with E-state index in [-0.39, 0.29) is 0 Å². The maximum Gasteiger partial charge on any atom is 0.243 e. The van der Waals surface area contributed by atoms with Crippen LogP contribution in [-0.4, -0.2) is 44.9 Å². The third-order valence-corrected chi connectivity index (χ3v) is 7.17. The molecule has 122 valence electrons. The van der Waals surface area contributed by atoms with E-state index in [1.54, 1.807) is 33.5 Å². The molecule has 1 N–H and O–H groups in total. The molecule has 2 atom stereocenters. The Kier molecular flexibility index (Phi) is 4.85. The van der Waals surface area contributed by atoms with Crippen LogP contribution in [-0.2, 0) is 10.0 Å². The van der Waals surface area contributed by atoms with Crippen LogP contribution in [0.25, 0.3) is 0 Å². The number of benzene rings is 1. The van der Waals surface area contributed by atoms with Gasteiger partial charge in [0.25, 0.3) is 0 Å².